The molecular formula is C18H27N3O2. The van der Waals surface area contributed by atoms with Gasteiger partial charge in [0.25, 0.3) is 0 Å². The standard InChI is InChI=1S/C18H27N3O2/c22-10-9-19-18(23)20-17-8-4-7-15-12-21(13-16(15)17)11-14-5-2-1-3-6-14/h1-3,5-6,15-17,22H,4,7-13H2,(H2,19,20,23)/t15-,16-,17-/m1/s1. The third kappa shape index (κ3) is 4.24. The van der Waals surface area contributed by atoms with E-state index in [1.165, 1.54) is 18.4 Å². The summed E-state index contributed by atoms with van der Waals surface area (Å²) in [7, 11) is 0. The molecule has 3 N–H and O–H groups in total. The largest absolute Gasteiger partial charge is 0.395 e. The first kappa shape index (κ1) is 16.3. The van der Waals surface area contributed by atoms with Gasteiger partial charge in [0.05, 0.1) is 6.61 Å². The molecule has 2 fully saturated rings. The maximum Gasteiger partial charge on any atom is 0.315 e. The first-order valence-electron chi connectivity index (χ1n) is 8.68. The van der Waals surface area contributed by atoms with Crippen LogP contribution in [0, 0.1) is 11.8 Å². The van der Waals surface area contributed by atoms with Gasteiger partial charge in [0.15, 0.2) is 0 Å². The first-order chi connectivity index (χ1) is 11.3. The number of likely N-dealkylation sites (tertiary alicyclic amines) is 1. The lowest BCUT2D eigenvalue weighted by molar-refractivity contribution is 0.200. The van der Waals surface area contributed by atoms with Gasteiger partial charge in [0, 0.05) is 32.2 Å². The summed E-state index contributed by atoms with van der Waals surface area (Å²) in [5, 5.41) is 14.6. The van der Waals surface area contributed by atoms with Crippen molar-refractivity contribution in [2.24, 2.45) is 11.8 Å². The number of nitrogens with zero attached hydrogens (tertiary/aromatic N) is 1. The average molecular weight is 317 g/mol. The summed E-state index contributed by atoms with van der Waals surface area (Å²) in [5.41, 5.74) is 1.36. The van der Waals surface area contributed by atoms with E-state index in [1.54, 1.807) is 0 Å². The van der Waals surface area contributed by atoms with Gasteiger partial charge in [-0.2, -0.15) is 0 Å². The molecule has 1 aromatic rings. The molecule has 0 aromatic heterocycles. The molecule has 1 heterocycles. The van der Waals surface area contributed by atoms with Crippen LogP contribution in [0.2, 0.25) is 0 Å². The zero-order valence-corrected chi connectivity index (χ0v) is 13.6. The molecule has 1 aliphatic heterocycles. The number of nitrogens with one attached hydrogen (secondary N) is 2. The molecule has 0 bridgehead atoms. The first-order valence-corrected chi connectivity index (χ1v) is 8.68. The van der Waals surface area contributed by atoms with Crippen LogP contribution >= 0.6 is 0 Å². The molecule has 5 nitrogen and oxygen atoms in total. The molecule has 23 heavy (non-hydrogen) atoms. The number of fused-ring (bicyclic) bond motifs is 1. The van der Waals surface area contributed by atoms with Gasteiger partial charge in [0.1, 0.15) is 0 Å². The van der Waals surface area contributed by atoms with Crippen molar-refractivity contribution in [1.82, 2.24) is 15.5 Å². The maximum atomic E-state index is 11.9. The molecule has 1 saturated carbocycles. The van der Waals surface area contributed by atoms with E-state index >= 15 is 0 Å². The molecule has 2 amide bonds. The highest BCUT2D eigenvalue weighted by molar-refractivity contribution is 5.74. The average Bonchev–Trinajstić information content (AvgIpc) is 2.97. The van der Waals surface area contributed by atoms with Crippen LogP contribution in [0.25, 0.3) is 0 Å². The molecule has 2 aliphatic rings. The van der Waals surface area contributed by atoms with Crippen LogP contribution in [0.1, 0.15) is 24.8 Å². The quantitative estimate of drug-likeness (QED) is 0.772. The lowest BCUT2D eigenvalue weighted by atomic mass is 9.78. The number of rotatable bonds is 5. The molecule has 1 aliphatic carbocycles. The summed E-state index contributed by atoms with van der Waals surface area (Å²) in [6.07, 6.45) is 3.52. The second-order valence-electron chi connectivity index (χ2n) is 6.76. The summed E-state index contributed by atoms with van der Waals surface area (Å²) in [5.74, 6) is 1.24. The maximum absolute atomic E-state index is 11.9. The number of carbonyl (C=O) groups is 1. The van der Waals surface area contributed by atoms with Gasteiger partial charge in [-0.3, -0.25) is 4.90 Å². The Labute approximate surface area is 138 Å². The Kier molecular flexibility index (Phi) is 5.51. The number of urea groups is 1. The zero-order valence-electron chi connectivity index (χ0n) is 13.6. The van der Waals surface area contributed by atoms with Gasteiger partial charge in [-0.1, -0.05) is 36.8 Å². The van der Waals surface area contributed by atoms with E-state index in [-0.39, 0.29) is 18.7 Å². The third-order valence-corrected chi connectivity index (χ3v) is 5.14. The van der Waals surface area contributed by atoms with Crippen molar-refractivity contribution in [2.75, 3.05) is 26.2 Å². The molecule has 3 atom stereocenters. The van der Waals surface area contributed by atoms with E-state index in [4.69, 9.17) is 5.11 Å². The number of aliphatic hydroxyl groups is 1. The van der Waals surface area contributed by atoms with E-state index in [0.717, 1.165) is 26.1 Å². The topological polar surface area (TPSA) is 64.6 Å². The fraction of sp³-hybridized carbons (Fsp3) is 0.611. The SMILES string of the molecule is O=C(NCCO)N[C@@H]1CCC[C@@H]2CN(Cc3ccccc3)C[C@H]21. The highest BCUT2D eigenvalue weighted by atomic mass is 16.3. The Bertz CT molecular complexity index is 508. The Hall–Kier alpha value is -1.59. The van der Waals surface area contributed by atoms with Gasteiger partial charge in [-0.15, -0.1) is 0 Å². The zero-order chi connectivity index (χ0) is 16.1. The van der Waals surface area contributed by atoms with Crippen molar-refractivity contribution in [3.05, 3.63) is 35.9 Å². The monoisotopic (exact) mass is 317 g/mol. The van der Waals surface area contributed by atoms with Crippen molar-refractivity contribution < 1.29 is 9.90 Å². The van der Waals surface area contributed by atoms with Crippen LogP contribution in [0.5, 0.6) is 0 Å². The van der Waals surface area contributed by atoms with E-state index < -0.39 is 0 Å². The number of benzene rings is 1. The molecule has 1 saturated heterocycles. The summed E-state index contributed by atoms with van der Waals surface area (Å²) < 4.78 is 0. The Morgan fingerprint density at radius 2 is 2.04 bits per heavy atom. The molecular weight excluding hydrogens is 290 g/mol. The number of hydrogen-bond donors (Lipinski definition) is 3. The summed E-state index contributed by atoms with van der Waals surface area (Å²) >= 11 is 0. The number of carbonyl (C=O) groups excluding carboxylic acids is 1. The van der Waals surface area contributed by atoms with Crippen molar-refractivity contribution in [3.63, 3.8) is 0 Å². The summed E-state index contributed by atoms with van der Waals surface area (Å²) in [6.45, 7) is 3.49. The Morgan fingerprint density at radius 1 is 1.22 bits per heavy atom. The van der Waals surface area contributed by atoms with Crippen molar-refractivity contribution in [1.29, 1.82) is 0 Å². The van der Waals surface area contributed by atoms with Crippen molar-refractivity contribution in [2.45, 2.75) is 31.8 Å². The minimum absolute atomic E-state index is 0.0189. The molecule has 126 valence electrons. The molecule has 0 unspecified atom stereocenters. The molecule has 0 radical (unpaired) electrons. The predicted molar refractivity (Wildman–Crippen MR) is 90.0 cm³/mol. The normalized spacial score (nSPS) is 27.4. The van der Waals surface area contributed by atoms with Crippen LogP contribution in [0.4, 0.5) is 4.79 Å². The highest BCUT2D eigenvalue weighted by Crippen LogP contribution is 2.36. The number of amides is 2. The lowest BCUT2D eigenvalue weighted by Gasteiger charge is -2.33. The van der Waals surface area contributed by atoms with E-state index in [9.17, 15) is 4.79 Å². The molecule has 1 aromatic carbocycles. The van der Waals surface area contributed by atoms with Crippen LogP contribution in [-0.2, 0) is 6.54 Å². The van der Waals surface area contributed by atoms with Gasteiger partial charge in [-0.05, 0) is 30.2 Å². The van der Waals surface area contributed by atoms with E-state index in [2.05, 4.69) is 45.9 Å². The second kappa shape index (κ2) is 7.79. The van der Waals surface area contributed by atoms with Crippen molar-refractivity contribution >= 4 is 6.03 Å². The fourth-order valence-electron chi connectivity index (χ4n) is 4.10. The summed E-state index contributed by atoms with van der Waals surface area (Å²) in [6, 6.07) is 10.7. The minimum atomic E-state index is -0.147. The smallest absolute Gasteiger partial charge is 0.315 e. The molecule has 5 heteroatoms. The fourth-order valence-corrected chi connectivity index (χ4v) is 4.10. The Balaban J connectivity index is 1.55. The van der Waals surface area contributed by atoms with Gasteiger partial charge >= 0.3 is 6.03 Å². The van der Waals surface area contributed by atoms with E-state index in [1.807, 2.05) is 0 Å². The predicted octanol–water partition coefficient (Wildman–Crippen LogP) is 1.58. The number of hydrogen-bond acceptors (Lipinski definition) is 3. The minimum Gasteiger partial charge on any atom is -0.395 e. The summed E-state index contributed by atoms with van der Waals surface area (Å²) in [4.78, 5) is 14.4. The van der Waals surface area contributed by atoms with E-state index in [0.29, 0.717) is 18.4 Å². The Morgan fingerprint density at radius 3 is 2.83 bits per heavy atom. The van der Waals surface area contributed by atoms with Gasteiger partial charge in [0.2, 0.25) is 0 Å². The van der Waals surface area contributed by atoms with Crippen LogP contribution < -0.4 is 10.6 Å². The van der Waals surface area contributed by atoms with Gasteiger partial charge < -0.3 is 15.7 Å². The number of aliphatic hydroxyl groups excluding tert-OH is 1. The van der Waals surface area contributed by atoms with Gasteiger partial charge in [-0.25, -0.2) is 4.79 Å². The van der Waals surface area contributed by atoms with Crippen LogP contribution in [0.3, 0.4) is 0 Å². The molecule has 3 rings (SSSR count). The third-order valence-electron chi connectivity index (χ3n) is 5.14. The lowest BCUT2D eigenvalue weighted by Crippen LogP contribution is -2.49. The second-order valence-corrected chi connectivity index (χ2v) is 6.76. The molecule has 0 spiro atoms. The van der Waals surface area contributed by atoms with Crippen LogP contribution in [-0.4, -0.2) is 48.3 Å². The van der Waals surface area contributed by atoms with Crippen LogP contribution in [0.15, 0.2) is 30.3 Å². The highest BCUT2D eigenvalue weighted by Gasteiger charge is 2.40. The van der Waals surface area contributed by atoms with Crippen molar-refractivity contribution in [3.8, 4) is 0 Å².